The molecule has 1 fully saturated rings. The predicted octanol–water partition coefficient (Wildman–Crippen LogP) is 8.67. The number of carbonyl (C=O) groups is 1. The van der Waals surface area contributed by atoms with Crippen LogP contribution in [0.25, 0.3) is 17.2 Å². The largest absolute Gasteiger partial charge is 0.491 e. The molecule has 4 aromatic rings. The lowest BCUT2D eigenvalue weighted by Crippen LogP contribution is -2.36. The average Bonchev–Trinajstić information content (AvgIpc) is 3.35. The van der Waals surface area contributed by atoms with Crippen molar-refractivity contribution in [1.29, 1.82) is 0 Å². The highest BCUT2D eigenvalue weighted by Gasteiger charge is 2.22. The second kappa shape index (κ2) is 18.0. The van der Waals surface area contributed by atoms with Crippen molar-refractivity contribution in [3.05, 3.63) is 99.0 Å². The molecule has 0 unspecified atom stereocenters. The molecule has 1 N–H and O–H groups in total. The lowest BCUT2D eigenvalue weighted by atomic mass is 10.00. The van der Waals surface area contributed by atoms with Gasteiger partial charge in [-0.25, -0.2) is 4.98 Å². The average molecular weight is 709 g/mol. The van der Waals surface area contributed by atoms with Crippen molar-refractivity contribution in [1.82, 2.24) is 9.88 Å². The molecule has 1 saturated heterocycles. The third-order valence-electron chi connectivity index (χ3n) is 9.76. The number of carbonyl (C=O) groups excluding carboxylic acids is 1. The van der Waals surface area contributed by atoms with Gasteiger partial charge >= 0.3 is 0 Å². The second-order valence-electron chi connectivity index (χ2n) is 13.6. The van der Waals surface area contributed by atoms with Crippen molar-refractivity contribution in [2.75, 3.05) is 56.8 Å². The Morgan fingerprint density at radius 2 is 1.76 bits per heavy atom. The molecule has 0 aliphatic carbocycles. The van der Waals surface area contributed by atoms with Crippen molar-refractivity contribution in [2.24, 2.45) is 0 Å². The number of benzene rings is 3. The van der Waals surface area contributed by atoms with Gasteiger partial charge in [-0.3, -0.25) is 9.69 Å². The molecule has 6 rings (SSSR count). The van der Waals surface area contributed by atoms with Gasteiger partial charge in [0.25, 0.3) is 5.91 Å². The van der Waals surface area contributed by atoms with E-state index in [1.54, 1.807) is 11.3 Å². The van der Waals surface area contributed by atoms with Crippen LogP contribution in [-0.4, -0.2) is 68.5 Å². The molecule has 270 valence electrons. The van der Waals surface area contributed by atoms with Gasteiger partial charge in [0.1, 0.15) is 12.4 Å². The number of anilines is 2. The molecule has 2 aliphatic rings. The van der Waals surface area contributed by atoms with Gasteiger partial charge in [0.2, 0.25) is 0 Å². The van der Waals surface area contributed by atoms with Crippen LogP contribution in [0.15, 0.2) is 72.3 Å². The summed E-state index contributed by atoms with van der Waals surface area (Å²) in [5.41, 5.74) is 8.21. The van der Waals surface area contributed by atoms with Crippen molar-refractivity contribution < 1.29 is 19.0 Å². The summed E-state index contributed by atoms with van der Waals surface area (Å²) in [5.74, 6) is 0.762. The van der Waals surface area contributed by atoms with Crippen LogP contribution in [0.2, 0.25) is 0 Å². The summed E-state index contributed by atoms with van der Waals surface area (Å²) in [4.78, 5) is 24.6. The maximum absolute atomic E-state index is 13.8. The first-order valence-electron chi connectivity index (χ1n) is 18.4. The Kier molecular flexibility index (Phi) is 12.9. The van der Waals surface area contributed by atoms with Crippen molar-refractivity contribution >= 4 is 34.7 Å². The number of nitrogens with one attached hydrogen (secondary N) is 1. The minimum atomic E-state index is -0.0646. The summed E-state index contributed by atoms with van der Waals surface area (Å²) in [6, 6.07) is 23.6. The monoisotopic (exact) mass is 708 g/mol. The van der Waals surface area contributed by atoms with E-state index in [0.717, 1.165) is 115 Å². The van der Waals surface area contributed by atoms with E-state index in [9.17, 15) is 4.79 Å². The number of unbranched alkanes of at least 4 members (excludes halogenated alkanes) is 1. The number of ether oxygens (including phenoxy) is 3. The molecule has 0 saturated carbocycles. The Hall–Kier alpha value is -4.02. The molecule has 3 aromatic carbocycles. The van der Waals surface area contributed by atoms with Crippen LogP contribution in [-0.2, 0) is 27.4 Å². The van der Waals surface area contributed by atoms with Crippen LogP contribution in [0.3, 0.4) is 0 Å². The predicted molar refractivity (Wildman–Crippen MR) is 209 cm³/mol. The molecule has 51 heavy (non-hydrogen) atoms. The van der Waals surface area contributed by atoms with E-state index >= 15 is 0 Å². The Bertz CT molecular complexity index is 1760. The molecule has 0 bridgehead atoms. The van der Waals surface area contributed by atoms with E-state index in [1.807, 2.05) is 24.3 Å². The summed E-state index contributed by atoms with van der Waals surface area (Å²) < 4.78 is 17.1. The fraction of sp³-hybridized carbons (Fsp3) is 0.429. The summed E-state index contributed by atoms with van der Waals surface area (Å²) in [7, 11) is 2.19. The molecule has 3 heterocycles. The van der Waals surface area contributed by atoms with Gasteiger partial charge in [-0.05, 0) is 111 Å². The molecular formula is C42H52N4O4S. The highest BCUT2D eigenvalue weighted by atomic mass is 32.1. The minimum Gasteiger partial charge on any atom is -0.491 e. The van der Waals surface area contributed by atoms with Gasteiger partial charge in [-0.1, -0.05) is 43.7 Å². The van der Waals surface area contributed by atoms with Gasteiger partial charge in [0, 0.05) is 60.8 Å². The zero-order valence-electron chi connectivity index (χ0n) is 30.6. The minimum absolute atomic E-state index is 0.0646. The number of amides is 1. The van der Waals surface area contributed by atoms with Gasteiger partial charge in [0.05, 0.1) is 23.9 Å². The summed E-state index contributed by atoms with van der Waals surface area (Å²) in [6.45, 7) is 12.2. The topological polar surface area (TPSA) is 76.2 Å². The number of aromatic nitrogens is 1. The zero-order valence-corrected chi connectivity index (χ0v) is 31.4. The van der Waals surface area contributed by atoms with E-state index in [0.29, 0.717) is 25.7 Å². The molecular weight excluding hydrogens is 657 g/mol. The Morgan fingerprint density at radius 1 is 1.00 bits per heavy atom. The van der Waals surface area contributed by atoms with Gasteiger partial charge in [-0.2, -0.15) is 0 Å². The first kappa shape index (κ1) is 36.8. The number of aryl methyl sites for hydroxylation is 2. The molecule has 9 heteroatoms. The molecule has 1 aromatic heterocycles. The number of hydrogen-bond donors (Lipinski definition) is 1. The molecule has 0 atom stereocenters. The third-order valence-corrected chi connectivity index (χ3v) is 10.8. The fourth-order valence-corrected chi connectivity index (χ4v) is 7.72. The smallest absolute Gasteiger partial charge is 0.251 e. The van der Waals surface area contributed by atoms with E-state index in [-0.39, 0.29) is 5.91 Å². The number of nitrogens with zero attached hydrogens (tertiary/aromatic N) is 3. The molecule has 0 spiro atoms. The van der Waals surface area contributed by atoms with Gasteiger partial charge < -0.3 is 24.4 Å². The number of thiazole rings is 1. The van der Waals surface area contributed by atoms with Gasteiger partial charge in [-0.15, -0.1) is 11.3 Å². The molecule has 8 nitrogen and oxygen atoms in total. The van der Waals surface area contributed by atoms with Crippen LogP contribution in [0.4, 0.5) is 11.4 Å². The maximum atomic E-state index is 13.8. The first-order valence-corrected chi connectivity index (χ1v) is 19.2. The fourth-order valence-electron chi connectivity index (χ4n) is 6.77. The Morgan fingerprint density at radius 3 is 2.49 bits per heavy atom. The summed E-state index contributed by atoms with van der Waals surface area (Å²) >= 11 is 1.75. The Labute approximate surface area is 307 Å². The number of hydrogen-bond acceptors (Lipinski definition) is 8. The molecule has 1 amide bonds. The van der Waals surface area contributed by atoms with Crippen LogP contribution in [0.1, 0.15) is 65.7 Å². The van der Waals surface area contributed by atoms with E-state index in [4.69, 9.17) is 14.2 Å². The Balaban J connectivity index is 1.17. The zero-order chi connectivity index (χ0) is 35.6. The second-order valence-corrected chi connectivity index (χ2v) is 14.9. The van der Waals surface area contributed by atoms with Crippen molar-refractivity contribution in [3.8, 4) is 16.9 Å². The summed E-state index contributed by atoms with van der Waals surface area (Å²) in [5, 5.41) is 4.26. The standard InChI is InChI=1S/C42H52N4O4S/c1-5-6-21-48-24-25-50-39-14-9-33(10-15-39)34-11-16-40-36(26-34)27-35(17-20-46(40)29-41-30(2)43-31(3)51-41)42(47)44-37-12-7-32(8-13-37)28-45(4)38-18-22-49-23-19-38/h7-16,26-27,38H,5-6,17-25,28-29H2,1-4H3,(H,44,47). The van der Waals surface area contributed by atoms with Crippen molar-refractivity contribution in [2.45, 2.75) is 72.0 Å². The number of fused-ring (bicyclic) bond motifs is 1. The van der Waals surface area contributed by atoms with Gasteiger partial charge in [0.15, 0.2) is 0 Å². The van der Waals surface area contributed by atoms with Crippen LogP contribution >= 0.6 is 11.3 Å². The highest BCUT2D eigenvalue weighted by molar-refractivity contribution is 7.11. The van der Waals surface area contributed by atoms with Crippen LogP contribution < -0.4 is 15.0 Å². The molecule has 2 aliphatic heterocycles. The van der Waals surface area contributed by atoms with E-state index < -0.39 is 0 Å². The van der Waals surface area contributed by atoms with E-state index in [2.05, 4.69) is 96.5 Å². The van der Waals surface area contributed by atoms with E-state index in [1.165, 1.54) is 10.4 Å². The SMILES string of the molecule is CCCCOCCOc1ccc(-c2ccc3c(c2)C=C(C(=O)Nc2ccc(CN(C)C4CCOCC4)cc2)CCN3Cc2sc(C)nc2C)cc1. The highest BCUT2D eigenvalue weighted by Crippen LogP contribution is 2.35. The maximum Gasteiger partial charge on any atom is 0.251 e. The van der Waals surface area contributed by atoms with Crippen molar-refractivity contribution in [3.63, 3.8) is 0 Å². The van der Waals surface area contributed by atoms with Crippen LogP contribution in [0, 0.1) is 13.8 Å². The molecule has 0 radical (unpaired) electrons. The first-order chi connectivity index (χ1) is 24.9. The lowest BCUT2D eigenvalue weighted by molar-refractivity contribution is -0.112. The van der Waals surface area contributed by atoms with Crippen LogP contribution in [0.5, 0.6) is 5.75 Å². The lowest BCUT2D eigenvalue weighted by Gasteiger charge is -2.31. The quantitative estimate of drug-likeness (QED) is 0.124. The summed E-state index contributed by atoms with van der Waals surface area (Å²) in [6.07, 6.45) is 7.05. The number of rotatable bonds is 15. The third kappa shape index (κ3) is 10.1. The normalized spacial score (nSPS) is 15.0.